The van der Waals surface area contributed by atoms with Gasteiger partial charge < -0.3 is 9.26 Å². The van der Waals surface area contributed by atoms with Gasteiger partial charge >= 0.3 is 0 Å². The lowest BCUT2D eigenvalue weighted by molar-refractivity contribution is 0.0485. The van der Waals surface area contributed by atoms with Crippen molar-refractivity contribution in [2.24, 2.45) is 0 Å². The van der Waals surface area contributed by atoms with Crippen LogP contribution in [0, 0.1) is 5.82 Å². The molecule has 2 rings (SSSR count). The fourth-order valence-corrected chi connectivity index (χ4v) is 2.34. The predicted molar refractivity (Wildman–Crippen MR) is 72.7 cm³/mol. The second-order valence-corrected chi connectivity index (χ2v) is 6.77. The summed E-state index contributed by atoms with van der Waals surface area (Å²) in [5.41, 5.74) is 0.333. The number of ether oxygens (including phenoxy) is 1. The number of rotatable bonds is 5. The van der Waals surface area contributed by atoms with Gasteiger partial charge in [-0.05, 0) is 32.0 Å². The summed E-state index contributed by atoms with van der Waals surface area (Å²) in [4.78, 5) is 3.70. The van der Waals surface area contributed by atoms with Crippen molar-refractivity contribution >= 4 is 9.84 Å². The average molecular weight is 314 g/mol. The first-order valence-corrected chi connectivity index (χ1v) is 8.10. The molecule has 1 aromatic carbocycles. The molecule has 0 saturated carbocycles. The van der Waals surface area contributed by atoms with Gasteiger partial charge in [0.05, 0.1) is 6.10 Å². The molecule has 6 nitrogen and oxygen atoms in total. The molecule has 0 unspecified atom stereocenters. The number of benzene rings is 1. The molecule has 1 aromatic heterocycles. The van der Waals surface area contributed by atoms with Crippen LogP contribution in [0.1, 0.15) is 19.7 Å². The van der Waals surface area contributed by atoms with Crippen LogP contribution >= 0.6 is 0 Å². The van der Waals surface area contributed by atoms with E-state index in [-0.39, 0.29) is 29.3 Å². The minimum absolute atomic E-state index is 0.0202. The SMILES string of the molecule is CC(C)OCc1nc(-c2ccc(S(C)(=O)=O)c(F)c2)no1. The van der Waals surface area contributed by atoms with E-state index in [9.17, 15) is 12.8 Å². The van der Waals surface area contributed by atoms with Crippen LogP contribution in [-0.2, 0) is 21.2 Å². The lowest BCUT2D eigenvalue weighted by Gasteiger charge is -2.02. The highest BCUT2D eigenvalue weighted by atomic mass is 32.2. The Morgan fingerprint density at radius 3 is 2.67 bits per heavy atom. The summed E-state index contributed by atoms with van der Waals surface area (Å²) in [5.74, 6) is -0.401. The highest BCUT2D eigenvalue weighted by molar-refractivity contribution is 7.90. The van der Waals surface area contributed by atoms with E-state index < -0.39 is 15.7 Å². The maximum absolute atomic E-state index is 13.8. The summed E-state index contributed by atoms with van der Waals surface area (Å²) in [6.45, 7) is 3.90. The molecule has 0 N–H and O–H groups in total. The summed E-state index contributed by atoms with van der Waals surface area (Å²) in [5, 5.41) is 3.72. The van der Waals surface area contributed by atoms with Gasteiger partial charge in [0.15, 0.2) is 9.84 Å². The number of aromatic nitrogens is 2. The molecule has 0 aliphatic carbocycles. The second-order valence-electron chi connectivity index (χ2n) is 4.79. The van der Waals surface area contributed by atoms with Crippen LogP contribution in [0.4, 0.5) is 4.39 Å². The van der Waals surface area contributed by atoms with Gasteiger partial charge in [0, 0.05) is 11.8 Å². The van der Waals surface area contributed by atoms with Gasteiger partial charge in [-0.3, -0.25) is 0 Å². The summed E-state index contributed by atoms with van der Waals surface area (Å²) < 4.78 is 46.8. The third kappa shape index (κ3) is 3.85. The zero-order valence-corrected chi connectivity index (χ0v) is 12.6. The van der Waals surface area contributed by atoms with Crippen LogP contribution in [0.25, 0.3) is 11.4 Å². The van der Waals surface area contributed by atoms with Crippen molar-refractivity contribution in [2.75, 3.05) is 6.26 Å². The van der Waals surface area contributed by atoms with Crippen molar-refractivity contribution < 1.29 is 22.1 Å². The van der Waals surface area contributed by atoms with Crippen LogP contribution < -0.4 is 0 Å². The fraction of sp³-hybridized carbons (Fsp3) is 0.385. The van der Waals surface area contributed by atoms with Gasteiger partial charge in [0.1, 0.15) is 17.3 Å². The molecule has 0 bridgehead atoms. The van der Waals surface area contributed by atoms with Crippen molar-refractivity contribution in [3.05, 3.63) is 29.9 Å². The Bertz CT molecular complexity index is 740. The number of sulfone groups is 1. The molecule has 0 fully saturated rings. The van der Waals surface area contributed by atoms with Crippen molar-refractivity contribution in [1.29, 1.82) is 0 Å². The second kappa shape index (κ2) is 5.90. The lowest BCUT2D eigenvalue weighted by atomic mass is 10.2. The van der Waals surface area contributed by atoms with Gasteiger partial charge in [-0.2, -0.15) is 4.98 Å². The largest absolute Gasteiger partial charge is 0.369 e. The Labute approximate surface area is 121 Å². The summed E-state index contributed by atoms with van der Waals surface area (Å²) in [6, 6.07) is 3.67. The van der Waals surface area contributed by atoms with E-state index in [0.717, 1.165) is 12.3 Å². The van der Waals surface area contributed by atoms with Gasteiger partial charge in [-0.15, -0.1) is 0 Å². The molecule has 0 radical (unpaired) electrons. The number of hydrogen-bond acceptors (Lipinski definition) is 6. The third-order valence-corrected chi connectivity index (χ3v) is 3.73. The minimum atomic E-state index is -3.60. The summed E-state index contributed by atoms with van der Waals surface area (Å²) in [7, 11) is -3.60. The Hall–Kier alpha value is -1.80. The molecule has 0 aliphatic heterocycles. The first-order chi connectivity index (χ1) is 9.77. The molecular formula is C13H15FN2O4S. The standard InChI is InChI=1S/C13H15FN2O4S/c1-8(2)19-7-12-15-13(16-20-12)9-4-5-11(10(14)6-9)21(3,17)18/h4-6,8H,7H2,1-3H3. The molecule has 0 atom stereocenters. The highest BCUT2D eigenvalue weighted by Crippen LogP contribution is 2.22. The first kappa shape index (κ1) is 15.6. The van der Waals surface area contributed by atoms with E-state index in [0.29, 0.717) is 5.56 Å². The zero-order valence-electron chi connectivity index (χ0n) is 11.8. The number of halogens is 1. The Morgan fingerprint density at radius 2 is 2.10 bits per heavy atom. The van der Waals surface area contributed by atoms with Gasteiger partial charge in [-0.1, -0.05) is 5.16 Å². The van der Waals surface area contributed by atoms with Crippen molar-refractivity contribution in [3.8, 4) is 11.4 Å². The smallest absolute Gasteiger partial charge is 0.252 e. The van der Waals surface area contributed by atoms with E-state index in [4.69, 9.17) is 9.26 Å². The topological polar surface area (TPSA) is 82.3 Å². The minimum Gasteiger partial charge on any atom is -0.369 e. The van der Waals surface area contributed by atoms with Gasteiger partial charge in [0.25, 0.3) is 5.89 Å². The van der Waals surface area contributed by atoms with Gasteiger partial charge in [-0.25, -0.2) is 12.8 Å². The Kier molecular flexibility index (Phi) is 4.38. The number of hydrogen-bond donors (Lipinski definition) is 0. The molecule has 2 aromatic rings. The predicted octanol–water partition coefficient (Wildman–Crippen LogP) is 2.20. The molecule has 8 heteroatoms. The molecule has 0 saturated heterocycles. The van der Waals surface area contributed by atoms with E-state index >= 15 is 0 Å². The Morgan fingerprint density at radius 1 is 1.38 bits per heavy atom. The summed E-state index contributed by atoms with van der Waals surface area (Å²) >= 11 is 0. The summed E-state index contributed by atoms with van der Waals surface area (Å²) in [6.07, 6.45) is 0.965. The average Bonchev–Trinajstić information content (AvgIpc) is 2.83. The molecule has 0 aliphatic rings. The maximum Gasteiger partial charge on any atom is 0.252 e. The number of nitrogens with zero attached hydrogens (tertiary/aromatic N) is 2. The van der Waals surface area contributed by atoms with E-state index in [1.165, 1.54) is 12.1 Å². The van der Waals surface area contributed by atoms with Crippen molar-refractivity contribution in [1.82, 2.24) is 10.1 Å². The molecule has 0 spiro atoms. The van der Waals surface area contributed by atoms with Crippen molar-refractivity contribution in [2.45, 2.75) is 31.5 Å². The Balaban J connectivity index is 2.25. The highest BCUT2D eigenvalue weighted by Gasteiger charge is 2.16. The van der Waals surface area contributed by atoms with Crippen LogP contribution in [0.3, 0.4) is 0 Å². The maximum atomic E-state index is 13.8. The molecule has 1 heterocycles. The lowest BCUT2D eigenvalue weighted by Crippen LogP contribution is -2.02. The monoisotopic (exact) mass is 314 g/mol. The normalized spacial score (nSPS) is 12.0. The van der Waals surface area contributed by atoms with Crippen LogP contribution in [0.5, 0.6) is 0 Å². The van der Waals surface area contributed by atoms with Crippen molar-refractivity contribution in [3.63, 3.8) is 0 Å². The van der Waals surface area contributed by atoms with E-state index in [1.54, 1.807) is 0 Å². The molecule has 114 valence electrons. The molecular weight excluding hydrogens is 299 g/mol. The zero-order chi connectivity index (χ0) is 15.6. The van der Waals surface area contributed by atoms with E-state index in [2.05, 4.69) is 10.1 Å². The van der Waals surface area contributed by atoms with Crippen LogP contribution in [0.2, 0.25) is 0 Å². The quantitative estimate of drug-likeness (QED) is 0.841. The third-order valence-electron chi connectivity index (χ3n) is 2.60. The molecule has 21 heavy (non-hydrogen) atoms. The first-order valence-electron chi connectivity index (χ1n) is 6.21. The van der Waals surface area contributed by atoms with E-state index in [1.807, 2.05) is 13.8 Å². The molecule has 0 amide bonds. The van der Waals surface area contributed by atoms with Crippen LogP contribution in [-0.4, -0.2) is 30.9 Å². The van der Waals surface area contributed by atoms with Crippen LogP contribution in [0.15, 0.2) is 27.6 Å². The van der Waals surface area contributed by atoms with Gasteiger partial charge in [0.2, 0.25) is 5.82 Å². The fourth-order valence-electron chi connectivity index (χ4n) is 1.61.